The quantitative estimate of drug-likeness (QED) is 0.724. The van der Waals surface area contributed by atoms with Gasteiger partial charge in [-0.15, -0.1) is 0 Å². The largest absolute Gasteiger partial charge is 0.376 e. The first-order valence-electron chi connectivity index (χ1n) is 11.4. The van der Waals surface area contributed by atoms with Crippen molar-refractivity contribution < 1.29 is 9.53 Å². The summed E-state index contributed by atoms with van der Waals surface area (Å²) in [6.45, 7) is 6.64. The number of nitrogens with zero attached hydrogens (tertiary/aromatic N) is 3. The normalized spacial score (nSPS) is 20.5. The summed E-state index contributed by atoms with van der Waals surface area (Å²) < 4.78 is 7.76. The van der Waals surface area contributed by atoms with E-state index in [0.717, 1.165) is 64.2 Å². The van der Waals surface area contributed by atoms with Gasteiger partial charge in [-0.3, -0.25) is 9.69 Å². The first-order valence-corrected chi connectivity index (χ1v) is 11.4. The van der Waals surface area contributed by atoms with Gasteiger partial charge >= 0.3 is 0 Å². The monoisotopic (exact) mass is 410 g/mol. The Morgan fingerprint density at radius 3 is 2.90 bits per heavy atom. The number of aryl methyl sites for hydroxylation is 1. The van der Waals surface area contributed by atoms with E-state index in [9.17, 15) is 4.79 Å². The average molecular weight is 411 g/mol. The number of aromatic nitrogens is 2. The number of nitrogens with one attached hydrogen (secondary N) is 1. The highest BCUT2D eigenvalue weighted by atomic mass is 16.5. The van der Waals surface area contributed by atoms with Crippen molar-refractivity contribution in [2.45, 2.75) is 58.1 Å². The Hall–Kier alpha value is -2.18. The lowest BCUT2D eigenvalue weighted by Crippen LogP contribution is -2.35. The summed E-state index contributed by atoms with van der Waals surface area (Å²) in [7, 11) is 0. The third-order valence-electron chi connectivity index (χ3n) is 6.40. The summed E-state index contributed by atoms with van der Waals surface area (Å²) in [6, 6.07) is 8.54. The molecule has 1 atom stereocenters. The van der Waals surface area contributed by atoms with Crippen molar-refractivity contribution in [1.29, 1.82) is 0 Å². The van der Waals surface area contributed by atoms with E-state index in [0.29, 0.717) is 18.9 Å². The van der Waals surface area contributed by atoms with Gasteiger partial charge in [-0.05, 0) is 75.7 Å². The zero-order chi connectivity index (χ0) is 20.8. The molecule has 2 aliphatic rings. The second-order valence-corrected chi connectivity index (χ2v) is 8.75. The van der Waals surface area contributed by atoms with Gasteiger partial charge in [0.05, 0.1) is 12.6 Å². The fourth-order valence-electron chi connectivity index (χ4n) is 4.55. The molecule has 30 heavy (non-hydrogen) atoms. The molecule has 0 saturated carbocycles. The molecule has 6 heteroatoms. The Morgan fingerprint density at radius 1 is 1.27 bits per heavy atom. The van der Waals surface area contributed by atoms with Crippen LogP contribution in [0.2, 0.25) is 0 Å². The molecule has 0 spiro atoms. The molecule has 1 N–H and O–H groups in total. The van der Waals surface area contributed by atoms with Crippen LogP contribution in [0.4, 0.5) is 0 Å². The number of imidazole rings is 1. The van der Waals surface area contributed by atoms with Crippen LogP contribution in [0.5, 0.6) is 0 Å². The molecule has 3 heterocycles. The van der Waals surface area contributed by atoms with E-state index in [1.54, 1.807) is 0 Å². The minimum Gasteiger partial charge on any atom is -0.376 e. The molecule has 162 valence electrons. The SMILES string of the molecule is Cc1cccc(-n2ccnc2CN2CCC(CCC(=O)NC[C@H]3CCCO3)CC2)c1. The number of hydrogen-bond acceptors (Lipinski definition) is 4. The van der Waals surface area contributed by atoms with E-state index >= 15 is 0 Å². The van der Waals surface area contributed by atoms with Crippen LogP contribution in [-0.2, 0) is 16.1 Å². The number of amides is 1. The minimum atomic E-state index is 0.174. The molecule has 0 radical (unpaired) electrons. The molecule has 2 aromatic rings. The summed E-state index contributed by atoms with van der Waals surface area (Å²) in [6.07, 6.45) is 10.3. The van der Waals surface area contributed by atoms with Crippen LogP contribution < -0.4 is 5.32 Å². The van der Waals surface area contributed by atoms with E-state index < -0.39 is 0 Å². The molecule has 6 nitrogen and oxygen atoms in total. The van der Waals surface area contributed by atoms with Gasteiger partial charge in [0.2, 0.25) is 5.91 Å². The van der Waals surface area contributed by atoms with Crippen LogP contribution in [0.25, 0.3) is 5.69 Å². The summed E-state index contributed by atoms with van der Waals surface area (Å²) in [5.41, 5.74) is 2.43. The number of hydrogen-bond donors (Lipinski definition) is 1. The molecule has 0 aliphatic carbocycles. The van der Waals surface area contributed by atoms with Gasteiger partial charge in [-0.25, -0.2) is 4.98 Å². The highest BCUT2D eigenvalue weighted by Gasteiger charge is 2.22. The molecule has 1 aromatic carbocycles. The number of ether oxygens (including phenoxy) is 1. The Kier molecular flexibility index (Phi) is 7.18. The second kappa shape index (κ2) is 10.2. The Morgan fingerprint density at radius 2 is 2.13 bits per heavy atom. The maximum absolute atomic E-state index is 12.1. The molecule has 0 bridgehead atoms. The van der Waals surface area contributed by atoms with Gasteiger partial charge in [0.1, 0.15) is 5.82 Å². The molecule has 4 rings (SSSR count). The lowest BCUT2D eigenvalue weighted by Gasteiger charge is -2.31. The molecule has 2 saturated heterocycles. The number of rotatable bonds is 8. The van der Waals surface area contributed by atoms with Crippen LogP contribution in [-0.4, -0.2) is 52.7 Å². The smallest absolute Gasteiger partial charge is 0.220 e. The second-order valence-electron chi connectivity index (χ2n) is 8.75. The molecule has 0 unspecified atom stereocenters. The van der Waals surface area contributed by atoms with Gasteiger partial charge in [-0.1, -0.05) is 12.1 Å². The molecular weight excluding hydrogens is 376 g/mol. The standard InChI is InChI=1S/C24H34N4O2/c1-19-4-2-5-21(16-19)28-14-11-25-23(28)18-27-12-9-20(10-13-27)7-8-24(29)26-17-22-6-3-15-30-22/h2,4-5,11,14,16,20,22H,3,6-10,12-13,15,17-18H2,1H3,(H,26,29)/t22-/m1/s1. The topological polar surface area (TPSA) is 59.4 Å². The summed E-state index contributed by atoms with van der Waals surface area (Å²) >= 11 is 0. The highest BCUT2D eigenvalue weighted by molar-refractivity contribution is 5.75. The first-order chi connectivity index (χ1) is 14.7. The molecule has 1 amide bonds. The molecule has 2 aliphatic heterocycles. The van der Waals surface area contributed by atoms with E-state index in [2.05, 4.69) is 51.0 Å². The maximum atomic E-state index is 12.1. The van der Waals surface area contributed by atoms with E-state index in [-0.39, 0.29) is 12.0 Å². The van der Waals surface area contributed by atoms with Crippen molar-refractivity contribution in [1.82, 2.24) is 19.8 Å². The Bertz CT molecular complexity index is 820. The van der Waals surface area contributed by atoms with Crippen molar-refractivity contribution in [2.75, 3.05) is 26.2 Å². The van der Waals surface area contributed by atoms with Crippen LogP contribution in [0.1, 0.15) is 49.9 Å². The number of piperidine rings is 1. The number of benzene rings is 1. The lowest BCUT2D eigenvalue weighted by molar-refractivity contribution is -0.122. The van der Waals surface area contributed by atoms with Crippen molar-refractivity contribution in [3.05, 3.63) is 48.0 Å². The maximum Gasteiger partial charge on any atom is 0.220 e. The van der Waals surface area contributed by atoms with Crippen molar-refractivity contribution in [3.8, 4) is 5.69 Å². The summed E-state index contributed by atoms with van der Waals surface area (Å²) in [5.74, 6) is 1.91. The average Bonchev–Trinajstić information content (AvgIpc) is 3.44. The van der Waals surface area contributed by atoms with Crippen LogP contribution in [0.3, 0.4) is 0 Å². The van der Waals surface area contributed by atoms with Crippen molar-refractivity contribution >= 4 is 5.91 Å². The van der Waals surface area contributed by atoms with Gasteiger partial charge in [0, 0.05) is 37.7 Å². The fraction of sp³-hybridized carbons (Fsp3) is 0.583. The van der Waals surface area contributed by atoms with Gasteiger partial charge in [0.15, 0.2) is 0 Å². The van der Waals surface area contributed by atoms with Gasteiger partial charge in [0.25, 0.3) is 0 Å². The molecule has 2 fully saturated rings. The van der Waals surface area contributed by atoms with Crippen LogP contribution in [0.15, 0.2) is 36.7 Å². The zero-order valence-corrected chi connectivity index (χ0v) is 18.1. The van der Waals surface area contributed by atoms with E-state index in [1.165, 1.54) is 11.3 Å². The van der Waals surface area contributed by atoms with Crippen molar-refractivity contribution in [2.24, 2.45) is 5.92 Å². The van der Waals surface area contributed by atoms with E-state index in [1.807, 2.05) is 12.4 Å². The minimum absolute atomic E-state index is 0.174. The third kappa shape index (κ3) is 5.70. The lowest BCUT2D eigenvalue weighted by atomic mass is 9.92. The third-order valence-corrected chi connectivity index (χ3v) is 6.40. The predicted octanol–water partition coefficient (Wildman–Crippen LogP) is 3.47. The van der Waals surface area contributed by atoms with Crippen LogP contribution >= 0.6 is 0 Å². The van der Waals surface area contributed by atoms with Crippen LogP contribution in [0, 0.1) is 12.8 Å². The highest BCUT2D eigenvalue weighted by Crippen LogP contribution is 2.23. The fourth-order valence-corrected chi connectivity index (χ4v) is 4.55. The van der Waals surface area contributed by atoms with Gasteiger partial charge in [-0.2, -0.15) is 0 Å². The summed E-state index contributed by atoms with van der Waals surface area (Å²) in [4.78, 5) is 19.2. The predicted molar refractivity (Wildman–Crippen MR) is 118 cm³/mol. The summed E-state index contributed by atoms with van der Waals surface area (Å²) in [5, 5.41) is 3.04. The van der Waals surface area contributed by atoms with Crippen molar-refractivity contribution in [3.63, 3.8) is 0 Å². The number of carbonyl (C=O) groups excluding carboxylic acids is 1. The van der Waals surface area contributed by atoms with Gasteiger partial charge < -0.3 is 14.6 Å². The first kappa shape index (κ1) is 21.1. The zero-order valence-electron chi connectivity index (χ0n) is 18.1. The number of likely N-dealkylation sites (tertiary alicyclic amines) is 1. The Labute approximate surface area is 179 Å². The van der Waals surface area contributed by atoms with E-state index in [4.69, 9.17) is 4.74 Å². The molecule has 1 aromatic heterocycles. The molecular formula is C24H34N4O2. The Balaban J connectivity index is 1.19. The number of carbonyl (C=O) groups is 1.